The fraction of sp³-hybridized carbons (Fsp3) is 0.625. The van der Waals surface area contributed by atoms with Gasteiger partial charge in [-0.1, -0.05) is 37.5 Å². The zero-order valence-electron chi connectivity index (χ0n) is 12.5. The average Bonchev–Trinajstić information content (AvgIpc) is 2.46. The highest BCUT2D eigenvalue weighted by Crippen LogP contribution is 2.45. The Morgan fingerprint density at radius 3 is 2.19 bits per heavy atom. The van der Waals surface area contributed by atoms with Crippen LogP contribution in [0.5, 0.6) is 0 Å². The molecule has 2 nitrogen and oxygen atoms in total. The lowest BCUT2D eigenvalue weighted by molar-refractivity contribution is -0.140. The van der Waals surface area contributed by atoms with Gasteiger partial charge in [-0.05, 0) is 38.6 Å². The normalized spacial score (nSPS) is 20.5. The lowest BCUT2D eigenvalue weighted by Gasteiger charge is -2.47. The second kappa shape index (κ2) is 5.97. The molecule has 0 aliphatic heterocycles. The van der Waals surface area contributed by atoms with Gasteiger partial charge >= 0.3 is 6.18 Å². The zero-order chi connectivity index (χ0) is 15.7. The fourth-order valence-electron chi connectivity index (χ4n) is 3.41. The van der Waals surface area contributed by atoms with Gasteiger partial charge < -0.3 is 10.0 Å². The summed E-state index contributed by atoms with van der Waals surface area (Å²) >= 11 is 0. The summed E-state index contributed by atoms with van der Waals surface area (Å²) in [5, 5.41) is 10.8. The minimum atomic E-state index is -4.44. The summed E-state index contributed by atoms with van der Waals surface area (Å²) in [7, 11) is 3.68. The molecule has 21 heavy (non-hydrogen) atoms. The molecule has 1 aromatic rings. The number of benzene rings is 1. The molecule has 1 fully saturated rings. The number of hydrogen-bond acceptors (Lipinski definition) is 2. The maximum atomic E-state index is 13.2. The molecule has 118 valence electrons. The third kappa shape index (κ3) is 3.09. The molecule has 1 aromatic carbocycles. The van der Waals surface area contributed by atoms with Crippen molar-refractivity contribution in [3.05, 3.63) is 35.4 Å². The molecule has 1 N–H and O–H groups in total. The SMILES string of the molecule is CN(C)C1(C(O)c2ccccc2C(F)(F)F)CCCCC1. The molecule has 1 aliphatic carbocycles. The Balaban J connectivity index is 2.45. The van der Waals surface area contributed by atoms with Crippen molar-refractivity contribution < 1.29 is 18.3 Å². The van der Waals surface area contributed by atoms with Crippen molar-refractivity contribution in [3.8, 4) is 0 Å². The summed E-state index contributed by atoms with van der Waals surface area (Å²) in [5.74, 6) is 0. The third-order valence-electron chi connectivity index (χ3n) is 4.68. The number of halogens is 3. The zero-order valence-corrected chi connectivity index (χ0v) is 12.5. The van der Waals surface area contributed by atoms with E-state index in [-0.39, 0.29) is 5.56 Å². The van der Waals surface area contributed by atoms with Gasteiger partial charge in [-0.15, -0.1) is 0 Å². The van der Waals surface area contributed by atoms with Crippen LogP contribution in [0.4, 0.5) is 13.2 Å². The van der Waals surface area contributed by atoms with Crippen LogP contribution in [0.2, 0.25) is 0 Å². The van der Waals surface area contributed by atoms with Gasteiger partial charge in [0.15, 0.2) is 0 Å². The maximum absolute atomic E-state index is 13.2. The standard InChI is InChI=1S/C16H22F3NO/c1-20(2)15(10-6-3-7-11-15)14(21)12-8-4-5-9-13(12)16(17,18)19/h4-5,8-9,14,21H,3,6-7,10-11H2,1-2H3. The van der Waals surface area contributed by atoms with E-state index in [1.54, 1.807) is 6.07 Å². The van der Waals surface area contributed by atoms with Gasteiger partial charge in [-0.25, -0.2) is 0 Å². The van der Waals surface area contributed by atoms with Crippen LogP contribution >= 0.6 is 0 Å². The fourth-order valence-corrected chi connectivity index (χ4v) is 3.41. The quantitative estimate of drug-likeness (QED) is 0.912. The van der Waals surface area contributed by atoms with E-state index in [4.69, 9.17) is 0 Å². The van der Waals surface area contributed by atoms with E-state index in [0.29, 0.717) is 12.8 Å². The largest absolute Gasteiger partial charge is 0.416 e. The van der Waals surface area contributed by atoms with Gasteiger partial charge in [0.2, 0.25) is 0 Å². The Kier molecular flexibility index (Phi) is 4.63. The van der Waals surface area contributed by atoms with Crippen LogP contribution in [-0.2, 0) is 6.18 Å². The van der Waals surface area contributed by atoms with Crippen LogP contribution in [-0.4, -0.2) is 29.6 Å². The molecule has 0 bridgehead atoms. The van der Waals surface area contributed by atoms with Crippen LogP contribution in [0.3, 0.4) is 0 Å². The van der Waals surface area contributed by atoms with E-state index in [0.717, 1.165) is 25.3 Å². The molecule has 0 spiro atoms. The molecular formula is C16H22F3NO. The first-order chi connectivity index (χ1) is 9.79. The van der Waals surface area contributed by atoms with Crippen molar-refractivity contribution >= 4 is 0 Å². The van der Waals surface area contributed by atoms with Crippen LogP contribution in [0, 0.1) is 0 Å². The number of aliphatic hydroxyl groups is 1. The Hall–Kier alpha value is -1.07. The number of alkyl halides is 3. The van der Waals surface area contributed by atoms with Crippen molar-refractivity contribution in [1.29, 1.82) is 0 Å². The first-order valence-electron chi connectivity index (χ1n) is 7.30. The topological polar surface area (TPSA) is 23.5 Å². The van der Waals surface area contributed by atoms with Crippen molar-refractivity contribution in [2.24, 2.45) is 0 Å². The molecule has 1 atom stereocenters. The van der Waals surface area contributed by atoms with Gasteiger partial charge in [0.25, 0.3) is 0 Å². The number of aliphatic hydroxyl groups excluding tert-OH is 1. The van der Waals surface area contributed by atoms with Crippen LogP contribution in [0.1, 0.15) is 49.3 Å². The van der Waals surface area contributed by atoms with Crippen molar-refractivity contribution in [1.82, 2.24) is 4.90 Å². The minimum absolute atomic E-state index is 0.0133. The monoisotopic (exact) mass is 301 g/mol. The number of nitrogens with zero attached hydrogens (tertiary/aromatic N) is 1. The predicted molar refractivity (Wildman–Crippen MR) is 75.9 cm³/mol. The van der Waals surface area contributed by atoms with E-state index in [1.165, 1.54) is 12.1 Å². The van der Waals surface area contributed by atoms with Crippen LogP contribution in [0.25, 0.3) is 0 Å². The molecule has 1 saturated carbocycles. The third-order valence-corrected chi connectivity index (χ3v) is 4.68. The molecule has 0 saturated heterocycles. The number of hydrogen-bond donors (Lipinski definition) is 1. The highest BCUT2D eigenvalue weighted by Gasteiger charge is 2.45. The van der Waals surface area contributed by atoms with Gasteiger partial charge in [0.05, 0.1) is 17.2 Å². The van der Waals surface area contributed by atoms with E-state index >= 15 is 0 Å². The van der Waals surface area contributed by atoms with E-state index in [1.807, 2.05) is 19.0 Å². The predicted octanol–water partition coefficient (Wildman–Crippen LogP) is 4.00. The first-order valence-corrected chi connectivity index (χ1v) is 7.30. The Labute approximate surface area is 123 Å². The highest BCUT2D eigenvalue weighted by atomic mass is 19.4. The summed E-state index contributed by atoms with van der Waals surface area (Å²) in [5.41, 5.74) is -1.36. The van der Waals surface area contributed by atoms with Gasteiger partial charge in [-0.3, -0.25) is 0 Å². The van der Waals surface area contributed by atoms with Crippen LogP contribution < -0.4 is 0 Å². The molecule has 1 unspecified atom stereocenters. The second-order valence-corrected chi connectivity index (χ2v) is 6.05. The Morgan fingerprint density at radius 1 is 1.10 bits per heavy atom. The smallest absolute Gasteiger partial charge is 0.386 e. The Bertz CT molecular complexity index is 479. The molecule has 2 rings (SSSR count). The molecule has 1 aliphatic rings. The summed E-state index contributed by atoms with van der Waals surface area (Å²) in [6, 6.07) is 5.36. The lowest BCUT2D eigenvalue weighted by Crippen LogP contribution is -2.51. The summed E-state index contributed by atoms with van der Waals surface area (Å²) in [4.78, 5) is 1.89. The lowest BCUT2D eigenvalue weighted by atomic mass is 9.74. The molecule has 0 radical (unpaired) electrons. The minimum Gasteiger partial charge on any atom is -0.386 e. The molecule has 0 aromatic heterocycles. The van der Waals surface area contributed by atoms with Crippen molar-refractivity contribution in [2.75, 3.05) is 14.1 Å². The highest BCUT2D eigenvalue weighted by molar-refractivity contribution is 5.33. The van der Waals surface area contributed by atoms with E-state index in [9.17, 15) is 18.3 Å². The number of likely N-dealkylation sites (N-methyl/N-ethyl adjacent to an activating group) is 1. The van der Waals surface area contributed by atoms with Crippen molar-refractivity contribution in [2.45, 2.75) is 49.9 Å². The van der Waals surface area contributed by atoms with E-state index in [2.05, 4.69) is 0 Å². The molecule has 0 heterocycles. The van der Waals surface area contributed by atoms with Gasteiger partial charge in [0, 0.05) is 0 Å². The first kappa shape index (κ1) is 16.3. The summed E-state index contributed by atoms with van der Waals surface area (Å²) < 4.78 is 39.5. The van der Waals surface area contributed by atoms with Gasteiger partial charge in [0.1, 0.15) is 0 Å². The van der Waals surface area contributed by atoms with Gasteiger partial charge in [-0.2, -0.15) is 13.2 Å². The van der Waals surface area contributed by atoms with Crippen molar-refractivity contribution in [3.63, 3.8) is 0 Å². The maximum Gasteiger partial charge on any atom is 0.416 e. The average molecular weight is 301 g/mol. The molecular weight excluding hydrogens is 279 g/mol. The van der Waals surface area contributed by atoms with Crippen LogP contribution in [0.15, 0.2) is 24.3 Å². The Morgan fingerprint density at radius 2 is 1.67 bits per heavy atom. The second-order valence-electron chi connectivity index (χ2n) is 6.05. The van der Waals surface area contributed by atoms with E-state index < -0.39 is 23.4 Å². The summed E-state index contributed by atoms with van der Waals surface area (Å²) in [6.07, 6.45) is -1.21. The molecule has 5 heteroatoms. The molecule has 0 amide bonds. The number of rotatable bonds is 3. The summed E-state index contributed by atoms with van der Waals surface area (Å²) in [6.45, 7) is 0.